The van der Waals surface area contributed by atoms with E-state index < -0.39 is 0 Å². The van der Waals surface area contributed by atoms with Crippen LogP contribution in [0.5, 0.6) is 11.5 Å². The van der Waals surface area contributed by atoms with Crippen LogP contribution < -0.4 is 14.8 Å². The fourth-order valence-corrected chi connectivity index (χ4v) is 2.82. The molecule has 0 saturated heterocycles. The zero-order chi connectivity index (χ0) is 17.2. The molecule has 7 heteroatoms. The van der Waals surface area contributed by atoms with Crippen LogP contribution in [-0.2, 0) is 6.54 Å². The first-order chi connectivity index (χ1) is 12.2. The second kappa shape index (κ2) is 6.43. The van der Waals surface area contributed by atoms with Gasteiger partial charge in [-0.1, -0.05) is 17.3 Å². The summed E-state index contributed by atoms with van der Waals surface area (Å²) >= 11 is 0. The lowest BCUT2D eigenvalue weighted by atomic mass is 10.2. The van der Waals surface area contributed by atoms with E-state index in [1.165, 1.54) is 0 Å². The highest BCUT2D eigenvalue weighted by atomic mass is 16.6. The number of hydrogen-bond acceptors (Lipinski definition) is 5. The van der Waals surface area contributed by atoms with Crippen LogP contribution in [0.2, 0.25) is 0 Å². The van der Waals surface area contributed by atoms with Gasteiger partial charge in [0.25, 0.3) is 5.91 Å². The van der Waals surface area contributed by atoms with Gasteiger partial charge in [-0.25, -0.2) is 4.68 Å². The van der Waals surface area contributed by atoms with Gasteiger partial charge in [-0.3, -0.25) is 4.79 Å². The van der Waals surface area contributed by atoms with Gasteiger partial charge in [-0.2, -0.15) is 0 Å². The van der Waals surface area contributed by atoms with Crippen LogP contribution in [-0.4, -0.2) is 40.2 Å². The number of amides is 1. The Labute approximate surface area is 144 Å². The Kier molecular flexibility index (Phi) is 3.97. The molecule has 4 rings (SSSR count). The van der Waals surface area contributed by atoms with E-state index in [-0.39, 0.29) is 12.0 Å². The van der Waals surface area contributed by atoms with E-state index in [4.69, 9.17) is 9.47 Å². The summed E-state index contributed by atoms with van der Waals surface area (Å²) in [5.74, 6) is 1.26. The second-order valence-electron chi connectivity index (χ2n) is 5.82. The average Bonchev–Trinajstić information content (AvgIpc) is 3.08. The minimum absolute atomic E-state index is 0.171. The number of benzene rings is 2. The van der Waals surface area contributed by atoms with Gasteiger partial charge < -0.3 is 14.8 Å². The molecule has 2 aromatic carbocycles. The molecule has 1 aliphatic rings. The van der Waals surface area contributed by atoms with Gasteiger partial charge in [0.15, 0.2) is 11.5 Å². The van der Waals surface area contributed by atoms with E-state index in [9.17, 15) is 4.79 Å². The van der Waals surface area contributed by atoms with Crippen LogP contribution in [0.3, 0.4) is 0 Å². The predicted octanol–water partition coefficient (Wildman–Crippen LogP) is 2.02. The van der Waals surface area contributed by atoms with Gasteiger partial charge in [0.05, 0.1) is 12.1 Å². The molecule has 3 aromatic rings. The smallest absolute Gasteiger partial charge is 0.251 e. The van der Waals surface area contributed by atoms with Crippen LogP contribution >= 0.6 is 0 Å². The Bertz CT molecular complexity index is 922. The quantitative estimate of drug-likeness (QED) is 0.787. The largest absolute Gasteiger partial charge is 0.486 e. The van der Waals surface area contributed by atoms with Gasteiger partial charge in [0.1, 0.15) is 18.2 Å². The molecule has 7 nitrogen and oxygen atoms in total. The highest BCUT2D eigenvalue weighted by Gasteiger charge is 2.21. The first-order valence-corrected chi connectivity index (χ1v) is 8.24. The van der Waals surface area contributed by atoms with Crippen molar-refractivity contribution in [2.75, 3.05) is 13.2 Å². The molecule has 1 aliphatic heterocycles. The van der Waals surface area contributed by atoms with Crippen molar-refractivity contribution in [3.8, 4) is 11.5 Å². The number of nitrogens with zero attached hydrogens (tertiary/aromatic N) is 3. The van der Waals surface area contributed by atoms with Crippen molar-refractivity contribution in [2.24, 2.45) is 0 Å². The number of aromatic nitrogens is 3. The zero-order valence-electron chi connectivity index (χ0n) is 13.8. The van der Waals surface area contributed by atoms with Gasteiger partial charge in [-0.15, -0.1) is 5.10 Å². The molecule has 0 bridgehead atoms. The van der Waals surface area contributed by atoms with Gasteiger partial charge in [-0.05, 0) is 37.3 Å². The molecule has 1 aromatic heterocycles. The third kappa shape index (κ3) is 3.00. The van der Waals surface area contributed by atoms with Crippen molar-refractivity contribution >= 4 is 16.9 Å². The van der Waals surface area contributed by atoms with Crippen LogP contribution in [0.4, 0.5) is 0 Å². The Morgan fingerprint density at radius 1 is 1.28 bits per heavy atom. The Hall–Kier alpha value is -3.09. The van der Waals surface area contributed by atoms with Crippen molar-refractivity contribution in [2.45, 2.75) is 19.6 Å². The molecule has 2 heterocycles. The van der Waals surface area contributed by atoms with E-state index in [2.05, 4.69) is 15.6 Å². The first-order valence-electron chi connectivity index (χ1n) is 8.24. The highest BCUT2D eigenvalue weighted by molar-refractivity contribution is 5.97. The molecule has 0 aliphatic carbocycles. The van der Waals surface area contributed by atoms with E-state index in [0.717, 1.165) is 17.8 Å². The molecular formula is C18H18N4O3. The molecule has 128 valence electrons. The van der Waals surface area contributed by atoms with Gasteiger partial charge >= 0.3 is 0 Å². The number of carbonyl (C=O) groups is 1. The van der Waals surface area contributed by atoms with Crippen molar-refractivity contribution in [1.29, 1.82) is 0 Å². The molecule has 1 amide bonds. The van der Waals surface area contributed by atoms with Crippen LogP contribution in [0, 0.1) is 0 Å². The fourth-order valence-electron chi connectivity index (χ4n) is 2.82. The minimum Gasteiger partial charge on any atom is -0.486 e. The highest BCUT2D eigenvalue weighted by Crippen LogP contribution is 2.30. The summed E-state index contributed by atoms with van der Waals surface area (Å²) in [6, 6.07) is 12.9. The summed E-state index contributed by atoms with van der Waals surface area (Å²) in [6.07, 6.45) is -0.219. The van der Waals surface area contributed by atoms with Crippen molar-refractivity contribution in [1.82, 2.24) is 20.3 Å². The van der Waals surface area contributed by atoms with Crippen molar-refractivity contribution < 1.29 is 14.3 Å². The molecule has 0 spiro atoms. The van der Waals surface area contributed by atoms with Crippen LogP contribution in [0.25, 0.3) is 11.0 Å². The van der Waals surface area contributed by atoms with Crippen LogP contribution in [0.1, 0.15) is 17.3 Å². The number of hydrogen-bond donors (Lipinski definition) is 1. The van der Waals surface area contributed by atoms with Gasteiger partial charge in [0, 0.05) is 12.1 Å². The summed E-state index contributed by atoms with van der Waals surface area (Å²) in [6.45, 7) is 3.51. The number of para-hydroxylation sites is 2. The third-order valence-corrected chi connectivity index (χ3v) is 4.13. The Balaban J connectivity index is 1.41. The lowest BCUT2D eigenvalue weighted by Crippen LogP contribution is -2.40. The predicted molar refractivity (Wildman–Crippen MR) is 91.9 cm³/mol. The molecule has 0 radical (unpaired) electrons. The van der Waals surface area contributed by atoms with Crippen molar-refractivity contribution in [3.63, 3.8) is 0 Å². The lowest BCUT2D eigenvalue weighted by Gasteiger charge is -2.26. The van der Waals surface area contributed by atoms with Crippen LogP contribution in [0.15, 0.2) is 42.5 Å². The van der Waals surface area contributed by atoms with E-state index in [1.54, 1.807) is 16.8 Å². The van der Waals surface area contributed by atoms with E-state index >= 15 is 0 Å². The summed E-state index contributed by atoms with van der Waals surface area (Å²) in [5.41, 5.74) is 2.17. The maximum absolute atomic E-state index is 12.4. The minimum atomic E-state index is -0.219. The molecule has 1 atom stereocenters. The number of aryl methyl sites for hydroxylation is 1. The summed E-state index contributed by atoms with van der Waals surface area (Å²) < 4.78 is 13.3. The van der Waals surface area contributed by atoms with Gasteiger partial charge in [0.2, 0.25) is 0 Å². The molecule has 1 N–H and O–H groups in total. The Morgan fingerprint density at radius 3 is 2.96 bits per heavy atom. The maximum atomic E-state index is 12.4. The number of carbonyl (C=O) groups excluding carboxylic acids is 1. The average molecular weight is 338 g/mol. The third-order valence-electron chi connectivity index (χ3n) is 4.13. The SMILES string of the molecule is CCn1nnc2cc(C(=O)NC[C@@H]3COc4ccccc4O3)ccc21. The standard InChI is InChI=1S/C18H18N4O3/c1-2-22-15-8-7-12(9-14(15)20-21-22)18(23)19-10-13-11-24-16-5-3-4-6-17(16)25-13/h3-9,13H,2,10-11H2,1H3,(H,19,23)/t13-/m1/s1. The molecule has 25 heavy (non-hydrogen) atoms. The second-order valence-corrected chi connectivity index (χ2v) is 5.82. The summed E-state index contributed by atoms with van der Waals surface area (Å²) in [5, 5.41) is 11.0. The lowest BCUT2D eigenvalue weighted by molar-refractivity contribution is 0.0789. The van der Waals surface area contributed by atoms with E-state index in [0.29, 0.717) is 30.0 Å². The molecule has 0 unspecified atom stereocenters. The summed E-state index contributed by atoms with van der Waals surface area (Å²) in [4.78, 5) is 12.4. The zero-order valence-corrected chi connectivity index (χ0v) is 13.8. The van der Waals surface area contributed by atoms with Crippen molar-refractivity contribution in [3.05, 3.63) is 48.0 Å². The number of ether oxygens (including phenoxy) is 2. The number of fused-ring (bicyclic) bond motifs is 2. The monoisotopic (exact) mass is 338 g/mol. The number of rotatable bonds is 4. The number of nitrogens with one attached hydrogen (secondary N) is 1. The fraction of sp³-hybridized carbons (Fsp3) is 0.278. The first kappa shape index (κ1) is 15.4. The van der Waals surface area contributed by atoms with E-state index in [1.807, 2.05) is 37.3 Å². The maximum Gasteiger partial charge on any atom is 0.251 e. The molecular weight excluding hydrogens is 320 g/mol. The molecule has 0 saturated carbocycles. The Morgan fingerprint density at radius 2 is 2.12 bits per heavy atom. The molecule has 0 fully saturated rings. The summed E-state index contributed by atoms with van der Waals surface area (Å²) in [7, 11) is 0. The normalized spacial score (nSPS) is 16.0. The topological polar surface area (TPSA) is 78.3 Å².